The van der Waals surface area contributed by atoms with Gasteiger partial charge >= 0.3 is 0 Å². The third kappa shape index (κ3) is 2.27. The Morgan fingerprint density at radius 1 is 1.24 bits per heavy atom. The normalized spacial score (nSPS) is 12.0. The van der Waals surface area contributed by atoms with Crippen molar-refractivity contribution in [2.24, 2.45) is 7.05 Å². The first kappa shape index (κ1) is 11.6. The molecule has 0 fully saturated rings. The minimum atomic E-state index is -0.101. The molecule has 2 aromatic rings. The van der Waals surface area contributed by atoms with E-state index >= 15 is 0 Å². The number of hydrogen-bond acceptors (Lipinski definition) is 5. The maximum absolute atomic E-state index is 5.85. The predicted octanol–water partition coefficient (Wildman–Crippen LogP) is 0.335. The Balaban J connectivity index is 2.34. The third-order valence-electron chi connectivity index (χ3n) is 2.43. The van der Waals surface area contributed by atoms with E-state index in [1.165, 1.54) is 0 Å². The molecule has 0 saturated heterocycles. The van der Waals surface area contributed by atoms with Gasteiger partial charge in [-0.15, -0.1) is 10.2 Å². The van der Waals surface area contributed by atoms with Crippen LogP contribution < -0.4 is 5.73 Å². The Morgan fingerprint density at radius 2 is 1.94 bits per heavy atom. The standard InChI is InChI=1S/C10H17N7/c1-10(2,3)8-9(11)13-15-17(8)6-7-5-16(4)14-12-7/h5H,6,11H2,1-4H3. The molecule has 0 aliphatic heterocycles. The second-order valence-electron chi connectivity index (χ2n) is 5.11. The Hall–Kier alpha value is -1.92. The zero-order valence-corrected chi connectivity index (χ0v) is 10.5. The highest BCUT2D eigenvalue weighted by Gasteiger charge is 2.24. The molecule has 0 aliphatic carbocycles. The van der Waals surface area contributed by atoms with Crippen molar-refractivity contribution < 1.29 is 0 Å². The van der Waals surface area contributed by atoms with Gasteiger partial charge in [-0.2, -0.15) is 0 Å². The molecule has 2 heterocycles. The fraction of sp³-hybridized carbons (Fsp3) is 0.600. The number of nitrogens with zero attached hydrogens (tertiary/aromatic N) is 6. The van der Waals surface area contributed by atoms with Crippen LogP contribution in [0.5, 0.6) is 0 Å². The Bertz CT molecular complexity index is 517. The molecule has 17 heavy (non-hydrogen) atoms. The van der Waals surface area contributed by atoms with Gasteiger partial charge in [0.1, 0.15) is 5.69 Å². The highest BCUT2D eigenvalue weighted by molar-refractivity contribution is 5.38. The molecule has 2 N–H and O–H groups in total. The van der Waals surface area contributed by atoms with Crippen molar-refractivity contribution in [1.29, 1.82) is 0 Å². The first-order chi connectivity index (χ1) is 7.88. The third-order valence-corrected chi connectivity index (χ3v) is 2.43. The molecule has 0 spiro atoms. The summed E-state index contributed by atoms with van der Waals surface area (Å²) >= 11 is 0. The van der Waals surface area contributed by atoms with E-state index in [2.05, 4.69) is 41.4 Å². The molecule has 0 radical (unpaired) electrons. The zero-order valence-electron chi connectivity index (χ0n) is 10.5. The number of nitrogens with two attached hydrogens (primary N) is 1. The Kier molecular flexibility index (Phi) is 2.60. The van der Waals surface area contributed by atoms with Crippen molar-refractivity contribution in [2.75, 3.05) is 5.73 Å². The zero-order chi connectivity index (χ0) is 12.6. The van der Waals surface area contributed by atoms with Gasteiger partial charge in [-0.25, -0.2) is 4.68 Å². The lowest BCUT2D eigenvalue weighted by Gasteiger charge is -2.19. The van der Waals surface area contributed by atoms with Crippen LogP contribution in [0.15, 0.2) is 6.20 Å². The van der Waals surface area contributed by atoms with Crippen molar-refractivity contribution in [3.05, 3.63) is 17.6 Å². The first-order valence-corrected chi connectivity index (χ1v) is 5.42. The van der Waals surface area contributed by atoms with Gasteiger partial charge in [-0.3, -0.25) is 4.68 Å². The number of aryl methyl sites for hydroxylation is 1. The van der Waals surface area contributed by atoms with Crippen LogP contribution in [0.1, 0.15) is 32.2 Å². The second kappa shape index (κ2) is 3.83. The van der Waals surface area contributed by atoms with Crippen molar-refractivity contribution in [1.82, 2.24) is 30.0 Å². The van der Waals surface area contributed by atoms with Crippen LogP contribution in [0.25, 0.3) is 0 Å². The molecule has 2 aromatic heterocycles. The molecule has 0 unspecified atom stereocenters. The van der Waals surface area contributed by atoms with Crippen molar-refractivity contribution >= 4 is 5.82 Å². The van der Waals surface area contributed by atoms with E-state index in [-0.39, 0.29) is 5.41 Å². The molecule has 7 nitrogen and oxygen atoms in total. The number of anilines is 1. The topological polar surface area (TPSA) is 87.4 Å². The number of aromatic nitrogens is 6. The minimum Gasteiger partial charge on any atom is -0.381 e. The molecule has 0 bridgehead atoms. The van der Waals surface area contributed by atoms with E-state index in [1.807, 2.05) is 13.2 Å². The summed E-state index contributed by atoms with van der Waals surface area (Å²) in [5.41, 5.74) is 7.50. The average Bonchev–Trinajstić information content (AvgIpc) is 2.73. The van der Waals surface area contributed by atoms with Crippen molar-refractivity contribution in [2.45, 2.75) is 32.7 Å². The summed E-state index contributed by atoms with van der Waals surface area (Å²) in [5.74, 6) is 0.474. The van der Waals surface area contributed by atoms with Crippen LogP contribution >= 0.6 is 0 Å². The van der Waals surface area contributed by atoms with E-state index in [0.29, 0.717) is 12.4 Å². The van der Waals surface area contributed by atoms with E-state index < -0.39 is 0 Å². The van der Waals surface area contributed by atoms with Gasteiger partial charge in [0.2, 0.25) is 0 Å². The van der Waals surface area contributed by atoms with Crippen LogP contribution in [0.4, 0.5) is 5.82 Å². The fourth-order valence-electron chi connectivity index (χ4n) is 1.83. The smallest absolute Gasteiger partial charge is 0.169 e. The molecule has 0 aliphatic rings. The van der Waals surface area contributed by atoms with Crippen LogP contribution in [-0.4, -0.2) is 30.0 Å². The lowest BCUT2D eigenvalue weighted by Crippen LogP contribution is -2.20. The largest absolute Gasteiger partial charge is 0.381 e. The molecular weight excluding hydrogens is 218 g/mol. The van der Waals surface area contributed by atoms with Gasteiger partial charge in [-0.1, -0.05) is 31.2 Å². The molecule has 0 aromatic carbocycles. The van der Waals surface area contributed by atoms with E-state index in [9.17, 15) is 0 Å². The monoisotopic (exact) mass is 235 g/mol. The molecule has 0 amide bonds. The lowest BCUT2D eigenvalue weighted by molar-refractivity contribution is 0.499. The minimum absolute atomic E-state index is 0.101. The van der Waals surface area contributed by atoms with Crippen LogP contribution in [-0.2, 0) is 19.0 Å². The van der Waals surface area contributed by atoms with Crippen LogP contribution in [0.2, 0.25) is 0 Å². The molecular formula is C10H17N7. The summed E-state index contributed by atoms with van der Waals surface area (Å²) in [4.78, 5) is 0. The van der Waals surface area contributed by atoms with Gasteiger partial charge < -0.3 is 5.73 Å². The average molecular weight is 235 g/mol. The predicted molar refractivity (Wildman–Crippen MR) is 63.2 cm³/mol. The summed E-state index contributed by atoms with van der Waals surface area (Å²) < 4.78 is 3.44. The van der Waals surface area contributed by atoms with Gasteiger partial charge in [0, 0.05) is 18.7 Å². The van der Waals surface area contributed by atoms with Gasteiger partial charge in [0.15, 0.2) is 5.82 Å². The lowest BCUT2D eigenvalue weighted by atomic mass is 9.92. The second-order valence-corrected chi connectivity index (χ2v) is 5.11. The SMILES string of the molecule is Cn1cc(Cn2nnc(N)c2C(C)(C)C)nn1. The maximum atomic E-state index is 5.85. The Labute approximate surface area is 99.6 Å². The summed E-state index contributed by atoms with van der Waals surface area (Å²) in [5, 5.41) is 15.9. The molecule has 7 heteroatoms. The van der Waals surface area contributed by atoms with Crippen molar-refractivity contribution in [3.63, 3.8) is 0 Å². The van der Waals surface area contributed by atoms with Crippen molar-refractivity contribution in [3.8, 4) is 0 Å². The molecule has 2 rings (SSSR count). The number of nitrogen functional groups attached to an aromatic ring is 1. The summed E-state index contributed by atoms with van der Waals surface area (Å²) in [6, 6.07) is 0. The molecule has 0 saturated carbocycles. The van der Waals surface area contributed by atoms with Gasteiger partial charge in [-0.05, 0) is 0 Å². The quantitative estimate of drug-likeness (QED) is 0.810. The summed E-state index contributed by atoms with van der Waals surface area (Å²) in [7, 11) is 1.83. The molecule has 92 valence electrons. The van der Waals surface area contributed by atoms with E-state index in [0.717, 1.165) is 11.4 Å². The van der Waals surface area contributed by atoms with Gasteiger partial charge in [0.25, 0.3) is 0 Å². The Morgan fingerprint density at radius 3 is 2.47 bits per heavy atom. The summed E-state index contributed by atoms with van der Waals surface area (Å²) in [6.45, 7) is 6.77. The highest BCUT2D eigenvalue weighted by Crippen LogP contribution is 2.26. The maximum Gasteiger partial charge on any atom is 0.169 e. The van der Waals surface area contributed by atoms with Crippen LogP contribution in [0.3, 0.4) is 0 Å². The van der Waals surface area contributed by atoms with E-state index in [1.54, 1.807) is 9.36 Å². The van der Waals surface area contributed by atoms with Crippen LogP contribution in [0, 0.1) is 0 Å². The van der Waals surface area contributed by atoms with Gasteiger partial charge in [0.05, 0.1) is 12.2 Å². The first-order valence-electron chi connectivity index (χ1n) is 5.42. The fourth-order valence-corrected chi connectivity index (χ4v) is 1.83. The highest BCUT2D eigenvalue weighted by atomic mass is 15.5. The summed E-state index contributed by atoms with van der Waals surface area (Å²) in [6.07, 6.45) is 1.85. The number of hydrogen-bond donors (Lipinski definition) is 1. The number of rotatable bonds is 2. The molecule has 0 atom stereocenters. The van der Waals surface area contributed by atoms with E-state index in [4.69, 9.17) is 5.73 Å².